The Morgan fingerprint density at radius 2 is 1.54 bits per heavy atom. The Morgan fingerprint density at radius 3 is 2.11 bits per heavy atom. The third-order valence-electron chi connectivity index (χ3n) is 5.81. The first-order valence-corrected chi connectivity index (χ1v) is 11.3. The number of carboxylic acids is 1. The van der Waals surface area contributed by atoms with Crippen LogP contribution in [0.5, 0.6) is 11.5 Å². The maximum absolute atomic E-state index is 12.5. The van der Waals surface area contributed by atoms with Crippen molar-refractivity contribution in [3.63, 3.8) is 0 Å². The molecule has 3 N–H and O–H groups in total. The molecule has 0 aromatic heterocycles. The molecule has 0 heterocycles. The maximum Gasteiger partial charge on any atom is 0.387 e. The number of carbonyl (C=O) groups is 3. The van der Waals surface area contributed by atoms with Crippen LogP contribution in [0.1, 0.15) is 52.0 Å². The number of amides is 2. The average molecular weight is 491 g/mol. The number of halogens is 2. The van der Waals surface area contributed by atoms with Crippen LogP contribution in [0.3, 0.4) is 0 Å². The SMILES string of the molecule is Cc1cc(O[C@H]2CC[C@@H](C(=O)O)CC2)ccc1C(=O)NCCNC(=O)c1ccc(OC(F)F)cc1. The topological polar surface area (TPSA) is 114 Å². The van der Waals surface area contributed by atoms with Gasteiger partial charge in [-0.15, -0.1) is 0 Å². The van der Waals surface area contributed by atoms with Crippen LogP contribution in [0.2, 0.25) is 0 Å². The van der Waals surface area contributed by atoms with Gasteiger partial charge in [0.05, 0.1) is 12.0 Å². The second-order valence-electron chi connectivity index (χ2n) is 8.32. The average Bonchev–Trinajstić information content (AvgIpc) is 2.82. The molecular formula is C25H28F2N2O6. The molecule has 0 aliphatic heterocycles. The van der Waals surface area contributed by atoms with Crippen LogP contribution in [-0.4, -0.2) is 48.7 Å². The van der Waals surface area contributed by atoms with Gasteiger partial charge in [-0.2, -0.15) is 8.78 Å². The monoisotopic (exact) mass is 490 g/mol. The lowest BCUT2D eigenvalue weighted by molar-refractivity contribution is -0.143. The molecule has 1 fully saturated rings. The van der Waals surface area contributed by atoms with Crippen molar-refractivity contribution in [2.75, 3.05) is 13.1 Å². The highest BCUT2D eigenvalue weighted by atomic mass is 19.3. The molecule has 35 heavy (non-hydrogen) atoms. The Balaban J connectivity index is 1.42. The van der Waals surface area contributed by atoms with E-state index < -0.39 is 18.5 Å². The van der Waals surface area contributed by atoms with Gasteiger partial charge >= 0.3 is 12.6 Å². The minimum atomic E-state index is -2.93. The summed E-state index contributed by atoms with van der Waals surface area (Å²) >= 11 is 0. The number of nitrogens with one attached hydrogen (secondary N) is 2. The Labute approximate surface area is 201 Å². The van der Waals surface area contributed by atoms with Crippen molar-refractivity contribution in [1.82, 2.24) is 10.6 Å². The van der Waals surface area contributed by atoms with Crippen molar-refractivity contribution in [2.45, 2.75) is 45.3 Å². The van der Waals surface area contributed by atoms with Crippen LogP contribution in [0.4, 0.5) is 8.78 Å². The van der Waals surface area contributed by atoms with Gasteiger partial charge in [-0.3, -0.25) is 14.4 Å². The minimum absolute atomic E-state index is 0.0404. The normalized spacial score (nSPS) is 17.5. The first-order valence-electron chi connectivity index (χ1n) is 11.3. The van der Waals surface area contributed by atoms with E-state index in [1.165, 1.54) is 24.3 Å². The van der Waals surface area contributed by atoms with Gasteiger partial charge in [0.15, 0.2) is 0 Å². The first-order chi connectivity index (χ1) is 16.7. The summed E-state index contributed by atoms with van der Waals surface area (Å²) in [6.07, 6.45) is 2.50. The molecule has 1 aliphatic rings. The van der Waals surface area contributed by atoms with E-state index in [0.29, 0.717) is 37.0 Å². The summed E-state index contributed by atoms with van der Waals surface area (Å²) < 4.78 is 34.6. The van der Waals surface area contributed by atoms with Crippen LogP contribution in [0, 0.1) is 12.8 Å². The van der Waals surface area contributed by atoms with E-state index >= 15 is 0 Å². The lowest BCUT2D eigenvalue weighted by atomic mass is 9.87. The molecule has 0 saturated heterocycles. The highest BCUT2D eigenvalue weighted by Crippen LogP contribution is 2.28. The predicted molar refractivity (Wildman–Crippen MR) is 123 cm³/mol. The van der Waals surface area contributed by atoms with Crippen molar-refractivity contribution in [1.29, 1.82) is 0 Å². The molecule has 2 amide bonds. The number of hydrogen-bond donors (Lipinski definition) is 3. The number of carbonyl (C=O) groups excluding carboxylic acids is 2. The fourth-order valence-electron chi connectivity index (χ4n) is 3.92. The molecule has 2 aromatic rings. The zero-order valence-corrected chi connectivity index (χ0v) is 19.3. The molecular weight excluding hydrogens is 462 g/mol. The van der Waals surface area contributed by atoms with Gasteiger partial charge in [-0.1, -0.05) is 0 Å². The third kappa shape index (κ3) is 7.66. The minimum Gasteiger partial charge on any atom is -0.490 e. The number of benzene rings is 2. The quantitative estimate of drug-likeness (QED) is 0.437. The number of alkyl halides is 2. The van der Waals surface area contributed by atoms with Crippen LogP contribution in [0.15, 0.2) is 42.5 Å². The van der Waals surface area contributed by atoms with Gasteiger partial charge in [-0.25, -0.2) is 0 Å². The molecule has 0 atom stereocenters. The van der Waals surface area contributed by atoms with E-state index in [1.807, 2.05) is 0 Å². The van der Waals surface area contributed by atoms with Gasteiger partial charge in [-0.05, 0) is 80.6 Å². The van der Waals surface area contributed by atoms with E-state index in [0.717, 1.165) is 5.56 Å². The number of hydrogen-bond acceptors (Lipinski definition) is 5. The molecule has 3 rings (SSSR count). The zero-order chi connectivity index (χ0) is 25.4. The van der Waals surface area contributed by atoms with Crippen molar-refractivity contribution < 1.29 is 37.7 Å². The van der Waals surface area contributed by atoms with Crippen LogP contribution < -0.4 is 20.1 Å². The van der Waals surface area contributed by atoms with E-state index in [1.54, 1.807) is 25.1 Å². The van der Waals surface area contributed by atoms with E-state index in [2.05, 4.69) is 15.4 Å². The van der Waals surface area contributed by atoms with Crippen LogP contribution in [0.25, 0.3) is 0 Å². The van der Waals surface area contributed by atoms with E-state index in [9.17, 15) is 23.2 Å². The summed E-state index contributed by atoms with van der Waals surface area (Å²) in [5.74, 6) is -1.17. The van der Waals surface area contributed by atoms with E-state index in [-0.39, 0.29) is 42.3 Å². The van der Waals surface area contributed by atoms with Crippen molar-refractivity contribution in [3.05, 3.63) is 59.2 Å². The van der Waals surface area contributed by atoms with E-state index in [4.69, 9.17) is 9.84 Å². The van der Waals surface area contributed by atoms with Crippen LogP contribution in [-0.2, 0) is 4.79 Å². The smallest absolute Gasteiger partial charge is 0.387 e. The first kappa shape index (κ1) is 25.9. The lowest BCUT2D eigenvalue weighted by Gasteiger charge is -2.27. The molecule has 0 bridgehead atoms. The van der Waals surface area contributed by atoms with Crippen molar-refractivity contribution in [3.8, 4) is 11.5 Å². The standard InChI is InChI=1S/C25H28F2N2O6/c1-15-14-20(34-18-8-4-17(5-9-18)24(32)33)10-11-21(15)23(31)29-13-12-28-22(30)16-2-6-19(7-3-16)35-25(26)27/h2-3,6-7,10-11,14,17-18,25H,4-5,8-9,12-13H2,1H3,(H,28,30)(H,29,31)(H,32,33)/t17-,18+. The Morgan fingerprint density at radius 1 is 0.943 bits per heavy atom. The van der Waals surface area contributed by atoms with Crippen LogP contribution >= 0.6 is 0 Å². The number of ether oxygens (including phenoxy) is 2. The Hall–Kier alpha value is -3.69. The summed E-state index contributed by atoms with van der Waals surface area (Å²) in [7, 11) is 0. The molecule has 10 heteroatoms. The number of rotatable bonds is 10. The van der Waals surface area contributed by atoms with Gasteiger partial charge in [0.25, 0.3) is 11.8 Å². The summed E-state index contributed by atoms with van der Waals surface area (Å²) in [4.78, 5) is 35.7. The largest absolute Gasteiger partial charge is 0.490 e. The molecule has 188 valence electrons. The number of aliphatic carboxylic acids is 1. The summed E-state index contributed by atoms with van der Waals surface area (Å²) in [5, 5.41) is 14.5. The maximum atomic E-state index is 12.5. The fraction of sp³-hybridized carbons (Fsp3) is 0.400. The molecule has 2 aromatic carbocycles. The Bertz CT molecular complexity index is 1040. The molecule has 8 nitrogen and oxygen atoms in total. The second kappa shape index (κ2) is 12.1. The lowest BCUT2D eigenvalue weighted by Crippen LogP contribution is -2.35. The third-order valence-corrected chi connectivity index (χ3v) is 5.81. The van der Waals surface area contributed by atoms with Gasteiger partial charge in [0, 0.05) is 24.2 Å². The zero-order valence-electron chi connectivity index (χ0n) is 19.3. The Kier molecular flexibility index (Phi) is 8.99. The van der Waals surface area contributed by atoms with Crippen molar-refractivity contribution in [2.24, 2.45) is 5.92 Å². The number of aryl methyl sites for hydroxylation is 1. The molecule has 1 saturated carbocycles. The molecule has 0 radical (unpaired) electrons. The molecule has 1 aliphatic carbocycles. The van der Waals surface area contributed by atoms with Gasteiger partial charge in [0.2, 0.25) is 0 Å². The highest BCUT2D eigenvalue weighted by molar-refractivity contribution is 5.96. The number of carboxylic acid groups (broad SMARTS) is 1. The summed E-state index contributed by atoms with van der Waals surface area (Å²) in [5.41, 5.74) is 1.49. The van der Waals surface area contributed by atoms with Gasteiger partial charge in [0.1, 0.15) is 11.5 Å². The molecule has 0 spiro atoms. The summed E-state index contributed by atoms with van der Waals surface area (Å²) in [6.45, 7) is -0.760. The molecule has 0 unspecified atom stereocenters. The summed E-state index contributed by atoms with van der Waals surface area (Å²) in [6, 6.07) is 10.5. The van der Waals surface area contributed by atoms with Gasteiger partial charge < -0.3 is 25.2 Å². The second-order valence-corrected chi connectivity index (χ2v) is 8.32. The highest BCUT2D eigenvalue weighted by Gasteiger charge is 2.27. The predicted octanol–water partition coefficient (Wildman–Crippen LogP) is 3.78. The van der Waals surface area contributed by atoms with Crippen molar-refractivity contribution >= 4 is 17.8 Å². The fourth-order valence-corrected chi connectivity index (χ4v) is 3.92.